The number of aryl methyl sites for hydroxylation is 1. The topological polar surface area (TPSA) is 34.1 Å². The molecule has 0 aliphatic carbocycles. The first kappa shape index (κ1) is 15.0. The van der Waals surface area contributed by atoms with Crippen LogP contribution in [0.5, 0.6) is 5.75 Å². The molecule has 0 aliphatic rings. The van der Waals surface area contributed by atoms with Crippen molar-refractivity contribution in [3.63, 3.8) is 0 Å². The largest absolute Gasteiger partial charge is 0.484 e. The van der Waals surface area contributed by atoms with Gasteiger partial charge in [-0.15, -0.1) is 11.3 Å². The lowest BCUT2D eigenvalue weighted by Crippen LogP contribution is -2.15. The molecule has 0 fully saturated rings. The molecule has 2 aromatic heterocycles. The summed E-state index contributed by atoms with van der Waals surface area (Å²) < 4.78 is 6.37. The van der Waals surface area contributed by atoms with Gasteiger partial charge >= 0.3 is 0 Å². The van der Waals surface area contributed by atoms with Gasteiger partial charge in [0.15, 0.2) is 0 Å². The van der Waals surface area contributed by atoms with Gasteiger partial charge in [-0.1, -0.05) is 18.2 Å². The lowest BCUT2D eigenvalue weighted by Gasteiger charge is -2.19. The van der Waals surface area contributed by atoms with Crippen LogP contribution >= 0.6 is 11.3 Å². The highest BCUT2D eigenvalue weighted by molar-refractivity contribution is 7.10. The molecule has 0 saturated carbocycles. The Balaban J connectivity index is 1.94. The van der Waals surface area contributed by atoms with Crippen LogP contribution in [0.3, 0.4) is 0 Å². The van der Waals surface area contributed by atoms with Crippen LogP contribution in [0.4, 0.5) is 0 Å². The third-order valence-corrected chi connectivity index (χ3v) is 4.72. The summed E-state index contributed by atoms with van der Waals surface area (Å²) in [5.41, 5.74) is 1.03. The quantitative estimate of drug-likeness (QED) is 0.735. The molecule has 0 aliphatic heterocycles. The number of thiophene rings is 1. The zero-order valence-electron chi connectivity index (χ0n) is 12.9. The molecule has 114 valence electrons. The normalized spacial score (nSPS) is 12.5. The van der Waals surface area contributed by atoms with Gasteiger partial charge in [0.05, 0.1) is 0 Å². The van der Waals surface area contributed by atoms with Crippen LogP contribution < -0.4 is 10.1 Å². The molecule has 1 atom stereocenters. The molecule has 4 heteroatoms. The van der Waals surface area contributed by atoms with Gasteiger partial charge in [-0.25, -0.2) is 0 Å². The highest BCUT2D eigenvalue weighted by Crippen LogP contribution is 2.33. The molecular formula is C18H20N2OS. The highest BCUT2D eigenvalue weighted by Gasteiger charge is 2.16. The molecule has 3 nitrogen and oxygen atoms in total. The van der Waals surface area contributed by atoms with E-state index in [2.05, 4.69) is 33.9 Å². The number of fused-ring (bicyclic) bond motifs is 1. The van der Waals surface area contributed by atoms with Gasteiger partial charge in [0.2, 0.25) is 0 Å². The molecule has 0 bridgehead atoms. The molecule has 3 rings (SSSR count). The first-order valence-electron chi connectivity index (χ1n) is 7.48. The third-order valence-electron chi connectivity index (χ3n) is 3.75. The van der Waals surface area contributed by atoms with Gasteiger partial charge in [0.25, 0.3) is 0 Å². The second kappa shape index (κ2) is 6.90. The van der Waals surface area contributed by atoms with Crippen molar-refractivity contribution in [2.24, 2.45) is 0 Å². The highest BCUT2D eigenvalue weighted by atomic mass is 32.1. The fraction of sp³-hybridized carbons (Fsp3) is 0.278. The monoisotopic (exact) mass is 312 g/mol. The Morgan fingerprint density at radius 2 is 2.09 bits per heavy atom. The van der Waals surface area contributed by atoms with Crippen molar-refractivity contribution in [1.82, 2.24) is 10.3 Å². The molecule has 0 spiro atoms. The van der Waals surface area contributed by atoms with E-state index in [9.17, 15) is 0 Å². The van der Waals surface area contributed by atoms with E-state index >= 15 is 0 Å². The molecule has 2 heterocycles. The Morgan fingerprint density at radius 1 is 1.18 bits per heavy atom. The van der Waals surface area contributed by atoms with Crippen molar-refractivity contribution in [1.29, 1.82) is 0 Å². The van der Waals surface area contributed by atoms with E-state index in [1.165, 1.54) is 4.88 Å². The van der Waals surface area contributed by atoms with Crippen LogP contribution in [0.2, 0.25) is 0 Å². The number of nitrogens with one attached hydrogen (secondary N) is 1. The van der Waals surface area contributed by atoms with Crippen molar-refractivity contribution < 1.29 is 4.74 Å². The van der Waals surface area contributed by atoms with Gasteiger partial charge in [0.1, 0.15) is 11.9 Å². The Labute approximate surface area is 135 Å². The lowest BCUT2D eigenvalue weighted by molar-refractivity contribution is 0.201. The van der Waals surface area contributed by atoms with Crippen LogP contribution in [0, 0.1) is 6.92 Å². The minimum Gasteiger partial charge on any atom is -0.484 e. The van der Waals surface area contributed by atoms with Crippen molar-refractivity contribution in [2.45, 2.75) is 19.4 Å². The molecule has 1 aromatic carbocycles. The number of aromatic nitrogens is 1. The number of hydrogen-bond acceptors (Lipinski definition) is 4. The van der Waals surface area contributed by atoms with Crippen LogP contribution in [-0.2, 0) is 0 Å². The summed E-state index contributed by atoms with van der Waals surface area (Å²) in [4.78, 5) is 5.63. The summed E-state index contributed by atoms with van der Waals surface area (Å²) in [7, 11) is 1.97. The zero-order chi connectivity index (χ0) is 15.4. The summed E-state index contributed by atoms with van der Waals surface area (Å²) in [6.45, 7) is 2.96. The van der Waals surface area contributed by atoms with E-state index in [1.807, 2.05) is 38.4 Å². The molecule has 3 aromatic rings. The molecule has 0 amide bonds. The van der Waals surface area contributed by atoms with E-state index < -0.39 is 0 Å². The summed E-state index contributed by atoms with van der Waals surface area (Å²) in [6.07, 6.45) is 2.86. The Hall–Kier alpha value is -1.91. The van der Waals surface area contributed by atoms with E-state index in [1.54, 1.807) is 11.3 Å². The van der Waals surface area contributed by atoms with Gasteiger partial charge in [0, 0.05) is 34.0 Å². The maximum absolute atomic E-state index is 6.37. The number of rotatable bonds is 6. The number of hydrogen-bond donors (Lipinski definition) is 1. The summed E-state index contributed by atoms with van der Waals surface area (Å²) in [6, 6.07) is 12.4. The Morgan fingerprint density at radius 3 is 2.86 bits per heavy atom. The third kappa shape index (κ3) is 3.13. The van der Waals surface area contributed by atoms with Gasteiger partial charge < -0.3 is 10.1 Å². The fourth-order valence-corrected chi connectivity index (χ4v) is 3.38. The average Bonchev–Trinajstić information content (AvgIpc) is 3.06. The second-order valence-electron chi connectivity index (χ2n) is 5.26. The first-order valence-corrected chi connectivity index (χ1v) is 8.36. The molecule has 1 N–H and O–H groups in total. The Kier molecular flexibility index (Phi) is 4.71. The minimum atomic E-state index is 0.0755. The second-order valence-corrected chi connectivity index (χ2v) is 6.24. The predicted molar refractivity (Wildman–Crippen MR) is 92.7 cm³/mol. The predicted octanol–water partition coefficient (Wildman–Crippen LogP) is 4.33. The summed E-state index contributed by atoms with van der Waals surface area (Å²) in [5, 5.41) is 7.58. The zero-order valence-corrected chi connectivity index (χ0v) is 13.7. The van der Waals surface area contributed by atoms with Crippen LogP contribution in [0.1, 0.15) is 23.1 Å². The summed E-state index contributed by atoms with van der Waals surface area (Å²) in [5.74, 6) is 0.928. The minimum absolute atomic E-state index is 0.0755. The van der Waals surface area contributed by atoms with E-state index in [-0.39, 0.29) is 6.10 Å². The molecule has 22 heavy (non-hydrogen) atoms. The van der Waals surface area contributed by atoms with Crippen molar-refractivity contribution >= 4 is 22.1 Å². The van der Waals surface area contributed by atoms with Crippen molar-refractivity contribution in [2.75, 3.05) is 13.6 Å². The van der Waals surface area contributed by atoms with Crippen molar-refractivity contribution in [3.05, 3.63) is 58.5 Å². The molecular weight excluding hydrogens is 292 g/mol. The summed E-state index contributed by atoms with van der Waals surface area (Å²) >= 11 is 1.74. The molecule has 0 unspecified atom stereocenters. The van der Waals surface area contributed by atoms with Gasteiger partial charge in [-0.3, -0.25) is 4.98 Å². The number of benzene rings is 1. The fourth-order valence-electron chi connectivity index (χ4n) is 2.59. The van der Waals surface area contributed by atoms with E-state index in [4.69, 9.17) is 4.74 Å². The Bertz CT molecular complexity index is 740. The lowest BCUT2D eigenvalue weighted by atomic mass is 10.1. The number of ether oxygens (including phenoxy) is 1. The van der Waals surface area contributed by atoms with Crippen molar-refractivity contribution in [3.8, 4) is 5.75 Å². The number of pyridine rings is 1. The molecule has 0 saturated heterocycles. The maximum Gasteiger partial charge on any atom is 0.134 e. The van der Waals surface area contributed by atoms with Gasteiger partial charge in [-0.05, 0) is 44.1 Å². The standard InChI is InChI=1S/C18H20N2OS/c1-13-14-5-3-6-16(15(14)8-11-20-13)21-17(9-10-19-2)18-7-4-12-22-18/h3-8,11-12,17,19H,9-10H2,1-2H3/t17-/m1/s1. The smallest absolute Gasteiger partial charge is 0.134 e. The number of nitrogens with zero attached hydrogens (tertiary/aromatic N) is 1. The molecule has 0 radical (unpaired) electrons. The van der Waals surface area contributed by atoms with Crippen LogP contribution in [0.25, 0.3) is 10.8 Å². The SMILES string of the molecule is CNCC[C@@H](Oc1cccc2c(C)nccc12)c1cccs1. The van der Waals surface area contributed by atoms with Crippen LogP contribution in [0.15, 0.2) is 48.0 Å². The first-order chi connectivity index (χ1) is 10.8. The average molecular weight is 312 g/mol. The van der Waals surface area contributed by atoms with Gasteiger partial charge in [-0.2, -0.15) is 0 Å². The van der Waals surface area contributed by atoms with Crippen LogP contribution in [-0.4, -0.2) is 18.6 Å². The van der Waals surface area contributed by atoms with E-state index in [0.29, 0.717) is 0 Å². The van der Waals surface area contributed by atoms with E-state index in [0.717, 1.165) is 35.2 Å². The maximum atomic E-state index is 6.37.